The van der Waals surface area contributed by atoms with E-state index in [0.717, 1.165) is 66.7 Å². The first kappa shape index (κ1) is 69.7. The molecule has 14 aromatic carbocycles. The highest BCUT2D eigenvalue weighted by Gasteiger charge is 2.38. The van der Waals surface area contributed by atoms with Crippen LogP contribution in [0.15, 0.2) is 344 Å². The molecular weight excluding hydrogens is 1480 g/mol. The molecule has 3 unspecified atom stereocenters. The Bertz CT molecular complexity index is 6500. The summed E-state index contributed by atoms with van der Waals surface area (Å²) in [7, 11) is 6.35. The second-order valence-electron chi connectivity index (χ2n) is 27.1. The Hall–Kier alpha value is -11.0. The van der Waals surface area contributed by atoms with Crippen LogP contribution in [0.2, 0.25) is 0 Å². The molecule has 2 N–H and O–H groups in total. The molecule has 18 aromatic rings. The number of nitrogens with zero attached hydrogens (tertiary/aromatic N) is 6. The van der Waals surface area contributed by atoms with Gasteiger partial charge in [0, 0.05) is 43.1 Å². The molecule has 0 bridgehead atoms. The fourth-order valence-electron chi connectivity index (χ4n) is 16.3. The predicted molar refractivity (Wildman–Crippen MR) is 476 cm³/mol. The third-order valence-electron chi connectivity index (χ3n) is 20.8. The zero-order chi connectivity index (χ0) is 72.7. The minimum atomic E-state index is -1.60. The van der Waals surface area contributed by atoms with Gasteiger partial charge in [0.15, 0.2) is 11.5 Å². The number of para-hydroxylation sites is 12. The smallest absolute Gasteiger partial charge is 0.453 e. The van der Waals surface area contributed by atoms with E-state index in [-0.39, 0.29) is 27.8 Å². The summed E-state index contributed by atoms with van der Waals surface area (Å²) < 4.78 is 17.9. The molecule has 4 aromatic heterocycles. The van der Waals surface area contributed by atoms with Crippen LogP contribution in [0.25, 0.3) is 99.3 Å². The standard InChI is InChI=1S/C45H28BN3O.C33H20BBrN2.C12H10BNO3.CH4.H6P4/c1-2-13-31(14-3-1)48-39-25-22-30(46-36-16-6-5-15-34(36)45-37(46)26-29-12-4-7-17-38(29)47-45)27-35(39)33-24-23-32(28-42(33)48)49-40-18-8-10-20-43(40)50-44-21-11-9-19-41(44)49;35-23-15-16-25-27-19-22(14-17-31(27)37(32(25)20-23)24-9-2-1-3-10-24)34-28-12-6-5-11-26(28)33-29(34)18-21-8-4-7-13-30(21)36-33;15-13(16)14-9-5-1-3-7-11(9)17-12-8-4-2-6-10(12)14;;1-4(2)3/h1-28H;1-20H;1-8,15-16H;1H4;1-3H2. The fourth-order valence-corrected chi connectivity index (χ4v) is 16.7. The predicted octanol–water partition coefficient (Wildman–Crippen LogP) is 20.4. The zero-order valence-corrected chi connectivity index (χ0v) is 64.0. The van der Waals surface area contributed by atoms with Crippen molar-refractivity contribution in [2.75, 3.05) is 9.71 Å². The van der Waals surface area contributed by atoms with Crippen molar-refractivity contribution in [3.8, 4) is 56.9 Å². The molecule has 4 aliphatic rings. The van der Waals surface area contributed by atoms with Gasteiger partial charge in [-0.25, -0.2) is 9.97 Å². The Morgan fingerprint density at radius 3 is 1.20 bits per heavy atom. The normalized spacial score (nSPS) is 12.4. The maximum atomic E-state index is 9.50. The van der Waals surface area contributed by atoms with Crippen LogP contribution in [0.5, 0.6) is 23.0 Å². The van der Waals surface area contributed by atoms with Gasteiger partial charge >= 0.3 is 7.25 Å². The molecular formula is C91H68B3BrN6O4P4. The van der Waals surface area contributed by atoms with Gasteiger partial charge in [-0.05, 0) is 161 Å². The van der Waals surface area contributed by atoms with Gasteiger partial charge in [-0.15, -0.1) is 26.8 Å². The zero-order valence-electron chi connectivity index (χ0n) is 58.0. The highest BCUT2D eigenvalue weighted by atomic mass is 79.9. The Labute approximate surface area is 649 Å². The van der Waals surface area contributed by atoms with E-state index in [9.17, 15) is 10.0 Å². The minimum Gasteiger partial charge on any atom is -0.453 e. The van der Waals surface area contributed by atoms with Crippen LogP contribution in [0.3, 0.4) is 0 Å². The Balaban J connectivity index is 0.000000124. The molecule has 0 spiro atoms. The molecule has 522 valence electrons. The van der Waals surface area contributed by atoms with E-state index in [4.69, 9.17) is 19.4 Å². The van der Waals surface area contributed by atoms with E-state index in [2.05, 4.69) is 324 Å². The van der Waals surface area contributed by atoms with Crippen molar-refractivity contribution in [1.29, 1.82) is 0 Å². The summed E-state index contributed by atoms with van der Waals surface area (Å²) in [6.07, 6.45) is 0. The lowest BCUT2D eigenvalue weighted by Crippen LogP contribution is -2.48. The van der Waals surface area contributed by atoms with E-state index >= 15 is 0 Å². The van der Waals surface area contributed by atoms with Crippen molar-refractivity contribution < 1.29 is 19.5 Å². The van der Waals surface area contributed by atoms with Gasteiger partial charge in [0.2, 0.25) is 13.4 Å². The molecule has 0 fully saturated rings. The first-order chi connectivity index (χ1) is 53.1. The van der Waals surface area contributed by atoms with Gasteiger partial charge in [-0.2, -0.15) is 0 Å². The SMILES string of the molecule is Brc1ccc2c3cc(B4c5ccccc5-c5nc6ccccc6cc54)ccc3n(-c3ccccc3)c2c1.C.OB(O)N1c2ccccc2Oc2ccccc21.PP(P)P.c1ccc(-n2c3ccc(B4c5ccccc5-c5nc6ccccc6cc54)cc3c3ccc(N4c5ccccc5Oc5ccccc54)cc32)cc1. The maximum Gasteiger partial charge on any atom is 0.592 e. The number of rotatable bonds is 6. The lowest BCUT2D eigenvalue weighted by molar-refractivity contribution is 0.401. The third-order valence-corrected chi connectivity index (χ3v) is 21.3. The van der Waals surface area contributed by atoms with Crippen molar-refractivity contribution in [1.82, 2.24) is 19.1 Å². The number of hydrogen-bond acceptors (Lipinski definition) is 8. The summed E-state index contributed by atoms with van der Waals surface area (Å²) in [5, 5.41) is 26.3. The monoisotopic (exact) mass is 1540 g/mol. The first-order valence-corrected chi connectivity index (χ1v) is 42.7. The Morgan fingerprint density at radius 1 is 0.349 bits per heavy atom. The first-order valence-electron chi connectivity index (χ1n) is 35.7. The quantitative estimate of drug-likeness (QED) is 0.125. The average molecular weight is 1550 g/mol. The van der Waals surface area contributed by atoms with Crippen LogP contribution in [0.1, 0.15) is 7.43 Å². The molecule has 10 nitrogen and oxygen atoms in total. The topological polar surface area (TPSA) is 101 Å². The number of fused-ring (bicyclic) bond motifs is 18. The number of aromatic nitrogens is 4. The summed E-state index contributed by atoms with van der Waals surface area (Å²) in [5.41, 5.74) is 25.9. The van der Waals surface area contributed by atoms with E-state index < -0.39 is 7.25 Å². The van der Waals surface area contributed by atoms with Crippen LogP contribution in [-0.4, -0.2) is 49.8 Å². The number of hydrogen-bond donors (Lipinski definition) is 2. The molecule has 22 rings (SSSR count). The number of anilines is 5. The molecule has 0 amide bonds. The summed E-state index contributed by atoms with van der Waals surface area (Å²) in [4.78, 5) is 14.1. The summed E-state index contributed by atoms with van der Waals surface area (Å²) in [6.45, 7) is 0.377. The van der Waals surface area contributed by atoms with Crippen molar-refractivity contribution >= 4 is 197 Å². The largest absolute Gasteiger partial charge is 0.592 e. The minimum absolute atomic E-state index is 0. The van der Waals surface area contributed by atoms with Crippen LogP contribution in [0.4, 0.5) is 28.4 Å². The van der Waals surface area contributed by atoms with Gasteiger partial charge < -0.3 is 38.4 Å². The molecule has 0 saturated carbocycles. The van der Waals surface area contributed by atoms with Crippen molar-refractivity contribution in [2.24, 2.45) is 0 Å². The Kier molecular flexibility index (Phi) is 18.7. The fraction of sp³-hybridized carbons (Fsp3) is 0.0110. The molecule has 0 saturated heterocycles. The lowest BCUT2D eigenvalue weighted by atomic mass is 9.39. The molecule has 0 aliphatic carbocycles. The van der Waals surface area contributed by atoms with Gasteiger partial charge in [0.1, 0.15) is 11.5 Å². The van der Waals surface area contributed by atoms with Crippen LogP contribution in [-0.2, 0) is 0 Å². The molecule has 8 heterocycles. The summed E-state index contributed by atoms with van der Waals surface area (Å²) >= 11 is 3.70. The molecule has 0 radical (unpaired) electrons. The summed E-state index contributed by atoms with van der Waals surface area (Å²) in [6, 6.07) is 119. The number of halogens is 1. The average Bonchev–Trinajstić information content (AvgIpc) is 1.57. The number of pyridine rings is 2. The highest BCUT2D eigenvalue weighted by molar-refractivity contribution is 9.10. The highest BCUT2D eigenvalue weighted by Crippen LogP contribution is 2.60. The van der Waals surface area contributed by atoms with Gasteiger partial charge in [0.05, 0.1) is 67.2 Å². The van der Waals surface area contributed by atoms with E-state index in [1.54, 1.807) is 24.3 Å². The lowest BCUT2D eigenvalue weighted by Gasteiger charge is -2.32. The van der Waals surface area contributed by atoms with Gasteiger partial charge in [-0.1, -0.05) is 264 Å². The van der Waals surface area contributed by atoms with Crippen LogP contribution < -0.4 is 52.0 Å². The molecule has 3 atom stereocenters. The molecule has 109 heavy (non-hydrogen) atoms. The summed E-state index contributed by atoms with van der Waals surface area (Å²) in [5.74, 6) is 2.91. The van der Waals surface area contributed by atoms with Gasteiger partial charge in [-0.3, -0.25) is 0 Å². The molecule has 18 heteroatoms. The van der Waals surface area contributed by atoms with Crippen LogP contribution >= 0.6 is 49.7 Å². The second kappa shape index (κ2) is 29.2. The van der Waals surface area contributed by atoms with Gasteiger partial charge in [0.25, 0.3) is 0 Å². The second-order valence-corrected chi connectivity index (χ2v) is 39.7. The third kappa shape index (κ3) is 12.5. The number of ether oxygens (including phenoxy) is 2. The van der Waals surface area contributed by atoms with Crippen molar-refractivity contribution in [3.05, 3.63) is 344 Å². The van der Waals surface area contributed by atoms with Crippen molar-refractivity contribution in [3.63, 3.8) is 0 Å². The van der Waals surface area contributed by atoms with Crippen LogP contribution in [0, 0.1) is 0 Å². The van der Waals surface area contributed by atoms with E-state index in [1.807, 2.05) is 48.5 Å². The van der Waals surface area contributed by atoms with E-state index in [1.165, 1.54) is 103 Å². The number of benzene rings is 14. The Morgan fingerprint density at radius 2 is 0.734 bits per heavy atom. The van der Waals surface area contributed by atoms with Crippen molar-refractivity contribution in [2.45, 2.75) is 7.43 Å². The maximum absolute atomic E-state index is 9.50. The molecule has 4 aliphatic heterocycles. The van der Waals surface area contributed by atoms with E-state index in [0.29, 0.717) is 22.9 Å².